The Labute approximate surface area is 202 Å². The predicted octanol–water partition coefficient (Wildman–Crippen LogP) is 2.01. The average molecular weight is 420 g/mol. The second kappa shape index (κ2) is 27.8. The van der Waals surface area contributed by atoms with E-state index in [-0.39, 0.29) is 40.9 Å². The number of carbonyl (C=O) groups excluding carboxylic acids is 2. The van der Waals surface area contributed by atoms with Crippen LogP contribution < -0.4 is 34.9 Å². The quantitative estimate of drug-likeness (QED) is 0.142. The number of hydrogen-bond donors (Lipinski definition) is 1. The van der Waals surface area contributed by atoms with Crippen molar-refractivity contribution in [3.8, 4) is 0 Å². The zero-order chi connectivity index (χ0) is 20.0. The summed E-state index contributed by atoms with van der Waals surface area (Å²) >= 11 is 0. The summed E-state index contributed by atoms with van der Waals surface area (Å²) in [4.78, 5) is 23.9. The number of amides is 1. The molecule has 0 aromatic rings. The summed E-state index contributed by atoms with van der Waals surface area (Å²) in [7, 11) is 4.11. The number of hydrogen-bond acceptors (Lipinski definition) is 4. The van der Waals surface area contributed by atoms with Crippen molar-refractivity contribution in [3.63, 3.8) is 0 Å². The molecule has 0 fully saturated rings. The first-order valence-corrected chi connectivity index (χ1v) is 11.1. The molecule has 29 heavy (non-hydrogen) atoms. The van der Waals surface area contributed by atoms with Gasteiger partial charge in [-0.25, -0.2) is 0 Å². The molecule has 5 nitrogen and oxygen atoms in total. The van der Waals surface area contributed by atoms with Gasteiger partial charge in [0, 0.05) is 13.0 Å². The van der Waals surface area contributed by atoms with Gasteiger partial charge in [-0.05, 0) is 59.2 Å². The van der Waals surface area contributed by atoms with Crippen LogP contribution in [0.15, 0.2) is 12.2 Å². The van der Waals surface area contributed by atoms with Gasteiger partial charge in [-0.1, -0.05) is 57.1 Å². The Bertz CT molecular complexity index is 377. The van der Waals surface area contributed by atoms with Crippen LogP contribution in [-0.4, -0.2) is 49.8 Å². The van der Waals surface area contributed by atoms with Gasteiger partial charge in [-0.15, -0.1) is 0 Å². The van der Waals surface area contributed by atoms with E-state index in [1.54, 1.807) is 0 Å². The summed E-state index contributed by atoms with van der Waals surface area (Å²) in [5.41, 5.74) is 0. The molecular formula is C23H44N2NaO3-. The molecule has 0 unspecified atom stereocenters. The van der Waals surface area contributed by atoms with Crippen LogP contribution in [0, 0.1) is 0 Å². The number of nitrogens with zero attached hydrogens (tertiary/aromatic N) is 1. The Kier molecular flexibility index (Phi) is 32.1. The molecule has 0 rings (SSSR count). The molecule has 0 bridgehead atoms. The topological polar surface area (TPSA) is 79.4 Å². The molecule has 0 saturated carbocycles. The van der Waals surface area contributed by atoms with Crippen molar-refractivity contribution in [2.75, 3.05) is 27.2 Å². The molecule has 1 amide bonds. The van der Waals surface area contributed by atoms with E-state index in [1.165, 1.54) is 51.4 Å². The van der Waals surface area contributed by atoms with Crippen LogP contribution >= 0.6 is 0 Å². The van der Waals surface area contributed by atoms with Gasteiger partial charge in [0.2, 0.25) is 5.91 Å². The molecule has 0 aromatic carbocycles. The second-order valence-electron chi connectivity index (χ2n) is 7.74. The Morgan fingerprint density at radius 2 is 1.34 bits per heavy atom. The average Bonchev–Trinajstić information content (AvgIpc) is 2.64. The van der Waals surface area contributed by atoms with Gasteiger partial charge >= 0.3 is 29.6 Å². The fourth-order valence-corrected chi connectivity index (χ4v) is 3.01. The molecule has 0 aliphatic heterocycles. The number of allylic oxidation sites excluding steroid dienone is 2. The zero-order valence-corrected chi connectivity index (χ0v) is 21.4. The van der Waals surface area contributed by atoms with Crippen molar-refractivity contribution in [2.45, 2.75) is 96.3 Å². The van der Waals surface area contributed by atoms with E-state index >= 15 is 0 Å². The number of carbonyl (C=O) groups is 1. The first-order valence-electron chi connectivity index (χ1n) is 11.1. The standard InChI is InChI=1S/C23H43N2O2.Na.H2O/c1-25(2)21-18-20-24-23(27)19-16-14-12-10-8-6-4-3-5-7-9-11-13-15-17-22-26;;/h3-4H,5-21H2,1-2H3,(H,24,27);;1H2/q-1;+1;/p-1/b4-3+;;. The van der Waals surface area contributed by atoms with E-state index < -0.39 is 0 Å². The van der Waals surface area contributed by atoms with Gasteiger partial charge in [-0.3, -0.25) is 11.1 Å². The largest absolute Gasteiger partial charge is 1.00 e. The summed E-state index contributed by atoms with van der Waals surface area (Å²) in [6, 6.07) is 0. The first kappa shape index (κ1) is 33.4. The molecular weight excluding hydrogens is 375 g/mol. The number of unbranched alkanes of at least 4 members (excludes halogenated alkanes) is 11. The second-order valence-corrected chi connectivity index (χ2v) is 7.74. The van der Waals surface area contributed by atoms with Crippen LogP contribution in [0.3, 0.4) is 0 Å². The summed E-state index contributed by atoms with van der Waals surface area (Å²) in [5.74, 6) is 0.207. The molecule has 0 aliphatic carbocycles. The van der Waals surface area contributed by atoms with E-state index in [4.69, 9.17) is 0 Å². The monoisotopic (exact) mass is 419 g/mol. The minimum absolute atomic E-state index is 0. The van der Waals surface area contributed by atoms with Crippen LogP contribution in [0.4, 0.5) is 0 Å². The van der Waals surface area contributed by atoms with E-state index in [0.29, 0.717) is 12.8 Å². The normalized spacial score (nSPS) is 10.6. The fraction of sp³-hybridized carbons (Fsp3) is 0.826. The van der Waals surface area contributed by atoms with Gasteiger partial charge in [0.1, 0.15) is 0 Å². The Morgan fingerprint density at radius 3 is 1.90 bits per heavy atom. The van der Waals surface area contributed by atoms with E-state index in [9.17, 15) is 9.59 Å². The molecule has 166 valence electrons. The molecule has 2 N–H and O–H groups in total. The number of rotatable bonds is 20. The minimum atomic E-state index is 0. The van der Waals surface area contributed by atoms with Crippen LogP contribution in [0.5, 0.6) is 0 Å². The Balaban J connectivity index is -0.00000338. The van der Waals surface area contributed by atoms with Gasteiger partial charge in [0.25, 0.3) is 0 Å². The van der Waals surface area contributed by atoms with Gasteiger partial charge in [0.15, 0.2) is 0 Å². The maximum atomic E-state index is 11.7. The molecule has 0 atom stereocenters. The summed E-state index contributed by atoms with van der Waals surface area (Å²) < 4.78 is 0. The molecule has 0 aromatic heterocycles. The third-order valence-electron chi connectivity index (χ3n) is 4.70. The molecule has 0 radical (unpaired) electrons. The molecule has 6 heteroatoms. The van der Waals surface area contributed by atoms with Gasteiger partial charge in [-0.2, -0.15) is 6.42 Å². The molecule has 0 spiro atoms. The van der Waals surface area contributed by atoms with Crippen LogP contribution in [-0.2, 0) is 9.59 Å². The third-order valence-corrected chi connectivity index (χ3v) is 4.70. The van der Waals surface area contributed by atoms with Crippen molar-refractivity contribution < 1.29 is 44.6 Å². The Morgan fingerprint density at radius 1 is 0.828 bits per heavy atom. The number of nitrogens with one attached hydrogen (secondary N) is 1. The molecule has 0 heterocycles. The van der Waals surface area contributed by atoms with Crippen molar-refractivity contribution >= 4 is 12.2 Å². The summed E-state index contributed by atoms with van der Waals surface area (Å²) in [5, 5.41) is 3.00. The summed E-state index contributed by atoms with van der Waals surface area (Å²) in [6.07, 6.45) is 23.1. The van der Waals surface area contributed by atoms with Crippen molar-refractivity contribution in [1.29, 1.82) is 0 Å². The minimum Gasteiger partial charge on any atom is -0.870 e. The predicted molar refractivity (Wildman–Crippen MR) is 118 cm³/mol. The van der Waals surface area contributed by atoms with Crippen LogP contribution in [0.1, 0.15) is 96.3 Å². The zero-order valence-electron chi connectivity index (χ0n) is 19.4. The first-order chi connectivity index (χ1) is 13.2. The Hall–Kier alpha value is -0.200. The molecule has 0 aliphatic rings. The van der Waals surface area contributed by atoms with Crippen LogP contribution in [0.25, 0.3) is 0 Å². The van der Waals surface area contributed by atoms with Gasteiger partial charge in [0.05, 0.1) is 0 Å². The maximum Gasteiger partial charge on any atom is 1.00 e. The SMILES string of the molecule is CN(C)CCCNC(=O)CCCCCCC/C=C/CCCCCCC[C-]=O.[Na+].[OH-]. The fourth-order valence-electron chi connectivity index (χ4n) is 3.01. The van der Waals surface area contributed by atoms with Gasteiger partial charge < -0.3 is 20.5 Å². The van der Waals surface area contributed by atoms with Crippen molar-refractivity contribution in [2.24, 2.45) is 0 Å². The van der Waals surface area contributed by atoms with E-state index in [2.05, 4.69) is 36.5 Å². The van der Waals surface area contributed by atoms with Crippen molar-refractivity contribution in [1.82, 2.24) is 10.2 Å². The van der Waals surface area contributed by atoms with Crippen LogP contribution in [0.2, 0.25) is 0 Å². The van der Waals surface area contributed by atoms with E-state index in [1.807, 2.05) is 6.29 Å². The summed E-state index contributed by atoms with van der Waals surface area (Å²) in [6.45, 7) is 1.82. The smallest absolute Gasteiger partial charge is 0.870 e. The maximum absolute atomic E-state index is 11.7. The van der Waals surface area contributed by atoms with E-state index in [0.717, 1.165) is 45.2 Å². The third kappa shape index (κ3) is 30.1. The van der Waals surface area contributed by atoms with Crippen molar-refractivity contribution in [3.05, 3.63) is 12.2 Å². The molecule has 0 saturated heterocycles.